The number of hydrogen-bond donors (Lipinski definition) is 0. The van der Waals surface area contributed by atoms with E-state index in [9.17, 15) is 9.18 Å². The van der Waals surface area contributed by atoms with Crippen LogP contribution < -0.4 is 0 Å². The zero-order valence-electron chi connectivity index (χ0n) is 16.1. The van der Waals surface area contributed by atoms with Gasteiger partial charge in [-0.05, 0) is 30.0 Å². The average molecular weight is 353 g/mol. The molecule has 3 nitrogen and oxygen atoms in total. The summed E-state index contributed by atoms with van der Waals surface area (Å²) in [6, 6.07) is 8.73. The van der Waals surface area contributed by atoms with Crippen LogP contribution in [0.5, 0.6) is 0 Å². The van der Waals surface area contributed by atoms with Crippen molar-refractivity contribution in [2.75, 3.05) is 0 Å². The minimum atomic E-state index is -0.260. The van der Waals surface area contributed by atoms with Crippen molar-refractivity contribution in [1.82, 2.24) is 4.98 Å². The Morgan fingerprint density at radius 3 is 2.42 bits per heavy atom. The highest BCUT2D eigenvalue weighted by atomic mass is 19.1. The van der Waals surface area contributed by atoms with E-state index < -0.39 is 0 Å². The molecule has 0 radical (unpaired) electrons. The highest BCUT2D eigenvalue weighted by Gasteiger charge is 2.24. The summed E-state index contributed by atoms with van der Waals surface area (Å²) in [6.07, 6.45) is 0. The number of hydrogen-bond acceptors (Lipinski definition) is 3. The molecule has 26 heavy (non-hydrogen) atoms. The molecule has 0 saturated heterocycles. The van der Waals surface area contributed by atoms with E-state index in [4.69, 9.17) is 4.42 Å². The van der Waals surface area contributed by atoms with E-state index in [1.807, 2.05) is 26.0 Å². The van der Waals surface area contributed by atoms with Gasteiger partial charge in [0.15, 0.2) is 11.3 Å². The summed E-state index contributed by atoms with van der Waals surface area (Å²) in [5.41, 5.74) is 3.95. The number of rotatable bonds is 3. The Morgan fingerprint density at radius 2 is 1.85 bits per heavy atom. The monoisotopic (exact) mass is 353 g/mol. The molecule has 3 aromatic rings. The number of benzene rings is 1. The lowest BCUT2D eigenvalue weighted by molar-refractivity contribution is 0.0913. The summed E-state index contributed by atoms with van der Waals surface area (Å²) in [6.45, 7) is 11.6. The lowest BCUT2D eigenvalue weighted by Crippen LogP contribution is -2.12. The van der Waals surface area contributed by atoms with Crippen LogP contribution in [0.2, 0.25) is 0 Å². The predicted octanol–water partition coefficient (Wildman–Crippen LogP) is 6.08. The third-order valence-corrected chi connectivity index (χ3v) is 4.52. The van der Waals surface area contributed by atoms with Crippen molar-refractivity contribution < 1.29 is 13.6 Å². The molecular formula is C22H24FNO2. The molecule has 0 spiro atoms. The van der Waals surface area contributed by atoms with Gasteiger partial charge in [0.1, 0.15) is 11.3 Å². The molecule has 2 aromatic heterocycles. The van der Waals surface area contributed by atoms with E-state index in [0.29, 0.717) is 33.7 Å². The molecule has 0 atom stereocenters. The smallest absolute Gasteiger partial charge is 0.200 e. The minimum Gasteiger partial charge on any atom is -0.451 e. The van der Waals surface area contributed by atoms with Gasteiger partial charge in [0.25, 0.3) is 0 Å². The molecule has 136 valence electrons. The number of aromatic nitrogens is 1. The molecular weight excluding hydrogens is 329 g/mol. The summed E-state index contributed by atoms with van der Waals surface area (Å²) in [5, 5.41) is 0. The van der Waals surface area contributed by atoms with Crippen LogP contribution in [0.4, 0.5) is 4.39 Å². The second kappa shape index (κ2) is 6.35. The van der Waals surface area contributed by atoms with Crippen LogP contribution in [-0.4, -0.2) is 10.8 Å². The summed E-state index contributed by atoms with van der Waals surface area (Å²) in [5.74, 6) is -0.144. The van der Waals surface area contributed by atoms with E-state index in [1.165, 1.54) is 6.07 Å². The first-order chi connectivity index (χ1) is 12.1. The largest absolute Gasteiger partial charge is 0.451 e. The quantitative estimate of drug-likeness (QED) is 0.536. The average Bonchev–Trinajstić information content (AvgIpc) is 2.98. The highest BCUT2D eigenvalue weighted by molar-refractivity contribution is 5.98. The van der Waals surface area contributed by atoms with E-state index in [2.05, 4.69) is 25.8 Å². The van der Waals surface area contributed by atoms with Gasteiger partial charge in [-0.25, -0.2) is 9.37 Å². The number of pyridine rings is 1. The SMILES string of the molecule is Cc1ccc(-c2cc(C(C)(C)C)c3oc(C(=O)C(C)C)cc3n2)cc1F. The van der Waals surface area contributed by atoms with E-state index in [0.717, 1.165) is 5.56 Å². The lowest BCUT2D eigenvalue weighted by atomic mass is 9.86. The Labute approximate surface area is 153 Å². The number of ketones is 1. The Hall–Kier alpha value is -2.49. The van der Waals surface area contributed by atoms with E-state index in [-0.39, 0.29) is 22.9 Å². The normalized spacial score (nSPS) is 12.2. The van der Waals surface area contributed by atoms with Crippen molar-refractivity contribution >= 4 is 16.9 Å². The van der Waals surface area contributed by atoms with Crippen LogP contribution in [0.25, 0.3) is 22.4 Å². The molecule has 4 heteroatoms. The fourth-order valence-electron chi connectivity index (χ4n) is 2.88. The van der Waals surface area contributed by atoms with Gasteiger partial charge in [0, 0.05) is 23.1 Å². The first kappa shape index (κ1) is 18.3. The van der Waals surface area contributed by atoms with E-state index >= 15 is 0 Å². The number of aryl methyl sites for hydroxylation is 1. The zero-order valence-corrected chi connectivity index (χ0v) is 16.1. The van der Waals surface area contributed by atoms with Crippen LogP contribution in [0.15, 0.2) is 34.7 Å². The topological polar surface area (TPSA) is 43.1 Å². The van der Waals surface area contributed by atoms with Crippen molar-refractivity contribution in [3.05, 3.63) is 53.0 Å². The van der Waals surface area contributed by atoms with Crippen molar-refractivity contribution in [3.8, 4) is 11.3 Å². The molecule has 0 unspecified atom stereocenters. The number of Topliss-reactive ketones (excluding diaryl/α,β-unsaturated/α-hetero) is 1. The summed E-state index contributed by atoms with van der Waals surface area (Å²) < 4.78 is 19.9. The molecule has 0 N–H and O–H groups in total. The first-order valence-electron chi connectivity index (χ1n) is 8.83. The Kier molecular flexibility index (Phi) is 4.47. The Morgan fingerprint density at radius 1 is 1.15 bits per heavy atom. The fraction of sp³-hybridized carbons (Fsp3) is 0.364. The number of carbonyl (C=O) groups is 1. The lowest BCUT2D eigenvalue weighted by Gasteiger charge is -2.20. The van der Waals surface area contributed by atoms with Gasteiger partial charge in [-0.3, -0.25) is 4.79 Å². The zero-order chi connectivity index (χ0) is 19.2. The van der Waals surface area contributed by atoms with Gasteiger partial charge in [0.05, 0.1) is 5.69 Å². The van der Waals surface area contributed by atoms with Gasteiger partial charge in [0.2, 0.25) is 5.78 Å². The molecule has 0 aliphatic heterocycles. The summed E-state index contributed by atoms with van der Waals surface area (Å²) in [7, 11) is 0. The third kappa shape index (κ3) is 3.28. The van der Waals surface area contributed by atoms with Gasteiger partial charge in [-0.15, -0.1) is 0 Å². The van der Waals surface area contributed by atoms with Crippen LogP contribution >= 0.6 is 0 Å². The molecule has 0 amide bonds. The van der Waals surface area contributed by atoms with Crippen molar-refractivity contribution in [1.29, 1.82) is 0 Å². The number of carbonyl (C=O) groups excluding carboxylic acids is 1. The molecule has 0 bridgehead atoms. The molecule has 0 aliphatic rings. The number of halogens is 1. The van der Waals surface area contributed by atoms with Crippen LogP contribution in [0.1, 0.15) is 56.3 Å². The highest BCUT2D eigenvalue weighted by Crippen LogP contribution is 2.35. The number of furan rings is 1. The third-order valence-electron chi connectivity index (χ3n) is 4.52. The fourth-order valence-corrected chi connectivity index (χ4v) is 2.88. The minimum absolute atomic E-state index is 0.0502. The maximum absolute atomic E-state index is 14.0. The van der Waals surface area contributed by atoms with Crippen LogP contribution in [0.3, 0.4) is 0 Å². The Bertz CT molecular complexity index is 993. The number of fused-ring (bicyclic) bond motifs is 1. The maximum atomic E-state index is 14.0. The predicted molar refractivity (Wildman–Crippen MR) is 102 cm³/mol. The molecule has 0 fully saturated rings. The van der Waals surface area contributed by atoms with Gasteiger partial charge >= 0.3 is 0 Å². The van der Waals surface area contributed by atoms with Crippen LogP contribution in [-0.2, 0) is 5.41 Å². The Balaban J connectivity index is 2.26. The standard InChI is InChI=1S/C22H24FNO2/c1-12(2)20(25)19-11-18-21(26-19)15(22(4,5)6)10-17(24-18)14-8-7-13(3)16(23)9-14/h7-12H,1-6H3. The van der Waals surface area contributed by atoms with E-state index in [1.54, 1.807) is 19.1 Å². The molecule has 0 saturated carbocycles. The van der Waals surface area contributed by atoms with Gasteiger partial charge in [-0.1, -0.05) is 46.8 Å². The molecule has 2 heterocycles. The number of nitrogens with zero attached hydrogens (tertiary/aromatic N) is 1. The summed E-state index contributed by atoms with van der Waals surface area (Å²) >= 11 is 0. The van der Waals surface area contributed by atoms with Crippen molar-refractivity contribution in [3.63, 3.8) is 0 Å². The van der Waals surface area contributed by atoms with Crippen molar-refractivity contribution in [2.24, 2.45) is 5.92 Å². The van der Waals surface area contributed by atoms with Crippen LogP contribution in [0, 0.1) is 18.7 Å². The van der Waals surface area contributed by atoms with Gasteiger partial charge < -0.3 is 4.42 Å². The molecule has 3 rings (SSSR count). The second-order valence-electron chi connectivity index (χ2n) is 8.11. The first-order valence-corrected chi connectivity index (χ1v) is 8.83. The molecule has 0 aliphatic carbocycles. The van der Waals surface area contributed by atoms with Crippen molar-refractivity contribution in [2.45, 2.75) is 47.0 Å². The second-order valence-corrected chi connectivity index (χ2v) is 8.11. The summed E-state index contributed by atoms with van der Waals surface area (Å²) in [4.78, 5) is 17.0. The maximum Gasteiger partial charge on any atom is 0.200 e. The molecule has 1 aromatic carbocycles. The van der Waals surface area contributed by atoms with Gasteiger partial charge in [-0.2, -0.15) is 0 Å².